The number of nitrogens with one attached hydrogen (secondary N) is 1. The number of thioether (sulfide) groups is 1. The Morgan fingerprint density at radius 3 is 2.93 bits per heavy atom. The maximum absolute atomic E-state index is 10.1. The smallest absolute Gasteiger partial charge is 0.320 e. The van der Waals surface area contributed by atoms with Gasteiger partial charge in [-0.15, -0.1) is 11.3 Å². The fourth-order valence-corrected chi connectivity index (χ4v) is 5.00. The molecule has 1 fully saturated rings. The number of nitrogens with zero attached hydrogens (tertiary/aromatic N) is 5. The predicted octanol–water partition coefficient (Wildman–Crippen LogP) is 3.89. The molecule has 1 saturated heterocycles. The van der Waals surface area contributed by atoms with Gasteiger partial charge in [-0.05, 0) is 30.3 Å². The Balaban J connectivity index is 1.41. The molecule has 1 aliphatic rings. The standard InChI is InChI=1S/C20H18N6O2S2/c27-20-24-18(22-13-6-7-15-16(10-13)29-12-21-15)23-19(25-20)26-8-9-28-11-17(26)30-14-4-2-1-3-5-14/h1-7,10,12,17H,8-9,11H2,(H2,22,23,24,25,27). The van der Waals surface area contributed by atoms with E-state index in [4.69, 9.17) is 4.74 Å². The second-order valence-electron chi connectivity index (χ2n) is 6.57. The Hall–Kier alpha value is -2.95. The first kappa shape index (κ1) is 19.0. The number of benzene rings is 2. The first-order chi connectivity index (χ1) is 14.7. The number of aromatic nitrogens is 4. The highest BCUT2D eigenvalue weighted by atomic mass is 32.2. The van der Waals surface area contributed by atoms with Crippen LogP contribution in [-0.4, -0.2) is 50.2 Å². The Morgan fingerprint density at radius 1 is 1.13 bits per heavy atom. The van der Waals surface area contributed by atoms with Crippen LogP contribution in [0.15, 0.2) is 58.9 Å². The summed E-state index contributed by atoms with van der Waals surface area (Å²) in [5.41, 5.74) is 3.57. The van der Waals surface area contributed by atoms with E-state index < -0.39 is 0 Å². The zero-order valence-corrected chi connectivity index (χ0v) is 17.4. The fraction of sp³-hybridized carbons (Fsp3) is 0.200. The highest BCUT2D eigenvalue weighted by Crippen LogP contribution is 2.31. The normalized spacial score (nSPS) is 16.7. The molecule has 0 radical (unpaired) electrons. The minimum atomic E-state index is -0.323. The fourth-order valence-electron chi connectivity index (χ4n) is 3.16. The quantitative estimate of drug-likeness (QED) is 0.481. The summed E-state index contributed by atoms with van der Waals surface area (Å²) in [5.74, 6) is 0.705. The molecule has 152 valence electrons. The number of fused-ring (bicyclic) bond motifs is 1. The summed E-state index contributed by atoms with van der Waals surface area (Å²) in [6, 6.07) is 15.6. The summed E-state index contributed by atoms with van der Waals surface area (Å²) in [5, 5.41) is 13.3. The molecule has 2 aromatic carbocycles. The van der Waals surface area contributed by atoms with Gasteiger partial charge in [-0.3, -0.25) is 0 Å². The van der Waals surface area contributed by atoms with E-state index in [1.165, 1.54) is 0 Å². The third kappa shape index (κ3) is 4.16. The average Bonchev–Trinajstić information content (AvgIpc) is 3.22. The number of thiazole rings is 1. The van der Waals surface area contributed by atoms with E-state index in [9.17, 15) is 5.11 Å². The van der Waals surface area contributed by atoms with Crippen LogP contribution < -0.4 is 10.2 Å². The summed E-state index contributed by atoms with van der Waals surface area (Å²) in [6.45, 7) is 1.74. The molecule has 0 aliphatic carbocycles. The zero-order valence-electron chi connectivity index (χ0n) is 15.8. The second kappa shape index (κ2) is 8.42. The van der Waals surface area contributed by atoms with Crippen molar-refractivity contribution in [3.05, 3.63) is 54.0 Å². The van der Waals surface area contributed by atoms with E-state index in [-0.39, 0.29) is 17.3 Å². The second-order valence-corrected chi connectivity index (χ2v) is 8.71. The lowest BCUT2D eigenvalue weighted by Crippen LogP contribution is -2.44. The van der Waals surface area contributed by atoms with Crippen molar-refractivity contribution in [1.29, 1.82) is 0 Å². The number of anilines is 3. The molecule has 1 unspecified atom stereocenters. The van der Waals surface area contributed by atoms with E-state index in [1.807, 2.05) is 46.8 Å². The molecular formula is C20H18N6O2S2. The van der Waals surface area contributed by atoms with E-state index in [0.29, 0.717) is 25.7 Å². The van der Waals surface area contributed by atoms with Crippen molar-refractivity contribution in [1.82, 2.24) is 19.9 Å². The molecule has 0 amide bonds. The SMILES string of the molecule is Oc1nc(Nc2ccc3ncsc3c2)nc(N2CCOCC2Sc2ccccc2)n1. The van der Waals surface area contributed by atoms with Gasteiger partial charge < -0.3 is 20.1 Å². The van der Waals surface area contributed by atoms with Crippen molar-refractivity contribution in [2.45, 2.75) is 10.3 Å². The molecule has 0 saturated carbocycles. The Morgan fingerprint density at radius 2 is 2.03 bits per heavy atom. The van der Waals surface area contributed by atoms with Gasteiger partial charge >= 0.3 is 6.01 Å². The molecule has 4 aromatic rings. The number of rotatable bonds is 5. The van der Waals surface area contributed by atoms with E-state index in [1.54, 1.807) is 23.1 Å². The highest BCUT2D eigenvalue weighted by Gasteiger charge is 2.27. The van der Waals surface area contributed by atoms with E-state index in [0.717, 1.165) is 20.8 Å². The average molecular weight is 439 g/mol. The lowest BCUT2D eigenvalue weighted by Gasteiger charge is -2.35. The van der Waals surface area contributed by atoms with Crippen LogP contribution in [0, 0.1) is 0 Å². The van der Waals surface area contributed by atoms with Crippen LogP contribution in [0.1, 0.15) is 0 Å². The summed E-state index contributed by atoms with van der Waals surface area (Å²) in [6.07, 6.45) is 0. The molecule has 1 atom stereocenters. The summed E-state index contributed by atoms with van der Waals surface area (Å²) in [4.78, 5) is 20.2. The van der Waals surface area contributed by atoms with Crippen LogP contribution in [-0.2, 0) is 4.74 Å². The molecule has 1 aliphatic heterocycles. The number of morpholine rings is 1. The number of hydrogen-bond donors (Lipinski definition) is 2. The molecule has 10 heteroatoms. The molecule has 8 nitrogen and oxygen atoms in total. The minimum absolute atomic E-state index is 0.00987. The summed E-state index contributed by atoms with van der Waals surface area (Å²) >= 11 is 3.24. The van der Waals surface area contributed by atoms with Crippen LogP contribution in [0.2, 0.25) is 0 Å². The van der Waals surface area contributed by atoms with Gasteiger partial charge in [-0.2, -0.15) is 15.0 Å². The van der Waals surface area contributed by atoms with Crippen LogP contribution in [0.25, 0.3) is 10.2 Å². The van der Waals surface area contributed by atoms with Crippen molar-refractivity contribution < 1.29 is 9.84 Å². The first-order valence-corrected chi connectivity index (χ1v) is 11.1. The van der Waals surface area contributed by atoms with Crippen molar-refractivity contribution >= 4 is 50.9 Å². The maximum atomic E-state index is 10.1. The van der Waals surface area contributed by atoms with Gasteiger partial charge in [0.2, 0.25) is 11.9 Å². The van der Waals surface area contributed by atoms with Gasteiger partial charge in [-0.25, -0.2) is 4.98 Å². The Labute approximate surface area is 181 Å². The minimum Gasteiger partial charge on any atom is -0.479 e. The van der Waals surface area contributed by atoms with Crippen LogP contribution in [0.4, 0.5) is 17.6 Å². The summed E-state index contributed by atoms with van der Waals surface area (Å²) in [7, 11) is 0. The highest BCUT2D eigenvalue weighted by molar-refractivity contribution is 8.00. The van der Waals surface area contributed by atoms with Crippen LogP contribution in [0.5, 0.6) is 6.01 Å². The molecular weight excluding hydrogens is 420 g/mol. The van der Waals surface area contributed by atoms with Crippen molar-refractivity contribution in [2.75, 3.05) is 30.0 Å². The van der Waals surface area contributed by atoms with Gasteiger partial charge in [0.25, 0.3) is 0 Å². The molecule has 0 spiro atoms. The van der Waals surface area contributed by atoms with E-state index in [2.05, 4.69) is 37.4 Å². The molecule has 5 rings (SSSR count). The number of ether oxygens (including phenoxy) is 1. The van der Waals surface area contributed by atoms with E-state index >= 15 is 0 Å². The molecule has 2 aromatic heterocycles. The molecule has 30 heavy (non-hydrogen) atoms. The zero-order chi connectivity index (χ0) is 20.3. The van der Waals surface area contributed by atoms with Gasteiger partial charge in [0.05, 0.1) is 28.9 Å². The summed E-state index contributed by atoms with van der Waals surface area (Å²) < 4.78 is 6.74. The lowest BCUT2D eigenvalue weighted by molar-refractivity contribution is 0.114. The largest absolute Gasteiger partial charge is 0.479 e. The number of aromatic hydroxyl groups is 1. The third-order valence-corrected chi connectivity index (χ3v) is 6.55. The van der Waals surface area contributed by atoms with Crippen molar-refractivity contribution in [3.63, 3.8) is 0 Å². The van der Waals surface area contributed by atoms with Crippen molar-refractivity contribution in [2.24, 2.45) is 0 Å². The molecule has 3 heterocycles. The molecule has 2 N–H and O–H groups in total. The van der Waals surface area contributed by atoms with Crippen LogP contribution in [0.3, 0.4) is 0 Å². The maximum Gasteiger partial charge on any atom is 0.320 e. The van der Waals surface area contributed by atoms with Gasteiger partial charge in [-0.1, -0.05) is 30.0 Å². The van der Waals surface area contributed by atoms with Gasteiger partial charge in [0.15, 0.2) is 0 Å². The van der Waals surface area contributed by atoms with Crippen LogP contribution >= 0.6 is 23.1 Å². The third-order valence-electron chi connectivity index (χ3n) is 4.56. The first-order valence-electron chi connectivity index (χ1n) is 9.36. The monoisotopic (exact) mass is 438 g/mol. The Bertz CT molecular complexity index is 1160. The predicted molar refractivity (Wildman–Crippen MR) is 119 cm³/mol. The lowest BCUT2D eigenvalue weighted by atomic mass is 10.3. The topological polar surface area (TPSA) is 96.3 Å². The van der Waals surface area contributed by atoms with Gasteiger partial charge in [0.1, 0.15) is 5.37 Å². The van der Waals surface area contributed by atoms with Crippen molar-refractivity contribution in [3.8, 4) is 6.01 Å². The Kier molecular flexibility index (Phi) is 5.35. The molecule has 0 bridgehead atoms. The van der Waals surface area contributed by atoms with Gasteiger partial charge in [0, 0.05) is 17.1 Å². The number of hydrogen-bond acceptors (Lipinski definition) is 10.